The smallest absolute Gasteiger partial charge is 0.136 e. The zero-order valence-corrected chi connectivity index (χ0v) is 11.4. The van der Waals surface area contributed by atoms with Gasteiger partial charge in [0.15, 0.2) is 0 Å². The van der Waals surface area contributed by atoms with E-state index in [0.717, 1.165) is 17.7 Å². The maximum Gasteiger partial charge on any atom is 0.136 e. The molecular formula is C16H16F3N. The lowest BCUT2D eigenvalue weighted by Gasteiger charge is -2.11. The summed E-state index contributed by atoms with van der Waals surface area (Å²) in [6, 6.07) is 6.75. The van der Waals surface area contributed by atoms with Crippen LogP contribution in [-0.4, -0.2) is 6.54 Å². The number of nitrogens with one attached hydrogen (secondary N) is 1. The van der Waals surface area contributed by atoms with Crippen LogP contribution in [-0.2, 0) is 6.54 Å². The third-order valence-corrected chi connectivity index (χ3v) is 3.15. The Hall–Kier alpha value is -1.81. The Morgan fingerprint density at radius 1 is 1.00 bits per heavy atom. The van der Waals surface area contributed by atoms with Crippen molar-refractivity contribution in [2.24, 2.45) is 0 Å². The lowest BCUT2D eigenvalue weighted by Crippen LogP contribution is -2.11. The van der Waals surface area contributed by atoms with Gasteiger partial charge in [-0.05, 0) is 30.2 Å². The van der Waals surface area contributed by atoms with Crippen LogP contribution in [0.5, 0.6) is 0 Å². The second kappa shape index (κ2) is 6.09. The minimum absolute atomic E-state index is 0.182. The summed E-state index contributed by atoms with van der Waals surface area (Å²) in [5.74, 6) is -2.68. The minimum atomic E-state index is -0.912. The van der Waals surface area contributed by atoms with Crippen molar-refractivity contribution in [1.82, 2.24) is 5.32 Å². The van der Waals surface area contributed by atoms with Gasteiger partial charge in [-0.1, -0.05) is 25.1 Å². The van der Waals surface area contributed by atoms with E-state index in [1.807, 2.05) is 19.1 Å². The van der Waals surface area contributed by atoms with Crippen LogP contribution in [0.3, 0.4) is 0 Å². The summed E-state index contributed by atoms with van der Waals surface area (Å²) in [5, 5.41) is 3.18. The fourth-order valence-corrected chi connectivity index (χ4v) is 2.19. The van der Waals surface area contributed by atoms with Crippen LogP contribution in [0.25, 0.3) is 11.1 Å². The van der Waals surface area contributed by atoms with Crippen LogP contribution in [0.4, 0.5) is 13.2 Å². The van der Waals surface area contributed by atoms with Gasteiger partial charge < -0.3 is 5.32 Å². The molecule has 0 spiro atoms. The highest BCUT2D eigenvalue weighted by atomic mass is 19.1. The van der Waals surface area contributed by atoms with Gasteiger partial charge in [0, 0.05) is 18.7 Å². The quantitative estimate of drug-likeness (QED) is 0.885. The molecule has 2 aromatic rings. The van der Waals surface area contributed by atoms with Crippen molar-refractivity contribution in [3.05, 3.63) is 58.9 Å². The Balaban J connectivity index is 2.44. The Bertz CT molecular complexity index is 600. The minimum Gasteiger partial charge on any atom is -0.313 e. The topological polar surface area (TPSA) is 12.0 Å². The fraction of sp³-hybridized carbons (Fsp3) is 0.250. The molecule has 0 saturated carbocycles. The molecule has 0 aromatic heterocycles. The SMILES string of the molecule is CCNCc1ccc(-c2c(F)cc(F)cc2F)c(C)c1. The standard InChI is InChI=1S/C16H16F3N/c1-3-20-9-11-4-5-13(10(2)6-11)16-14(18)7-12(17)8-15(16)19/h4-8,20H,3,9H2,1-2H3. The number of hydrogen-bond donors (Lipinski definition) is 1. The molecule has 0 amide bonds. The second-order valence-corrected chi connectivity index (χ2v) is 4.67. The molecule has 0 aliphatic carbocycles. The van der Waals surface area contributed by atoms with Crippen LogP contribution < -0.4 is 5.32 Å². The lowest BCUT2D eigenvalue weighted by atomic mass is 9.97. The van der Waals surface area contributed by atoms with E-state index in [1.54, 1.807) is 13.0 Å². The molecule has 0 aliphatic heterocycles. The number of aryl methyl sites for hydroxylation is 1. The van der Waals surface area contributed by atoms with Crippen molar-refractivity contribution in [3.63, 3.8) is 0 Å². The molecule has 1 N–H and O–H groups in total. The van der Waals surface area contributed by atoms with Gasteiger partial charge in [-0.15, -0.1) is 0 Å². The van der Waals surface area contributed by atoms with Crippen molar-refractivity contribution >= 4 is 0 Å². The van der Waals surface area contributed by atoms with Crippen LogP contribution in [0.15, 0.2) is 30.3 Å². The molecule has 0 atom stereocenters. The summed E-state index contributed by atoms with van der Waals surface area (Å²) in [6.45, 7) is 5.34. The molecule has 0 radical (unpaired) electrons. The van der Waals surface area contributed by atoms with E-state index in [4.69, 9.17) is 0 Å². The zero-order chi connectivity index (χ0) is 14.7. The van der Waals surface area contributed by atoms with E-state index in [1.165, 1.54) is 0 Å². The first-order chi connectivity index (χ1) is 9.52. The molecule has 20 heavy (non-hydrogen) atoms. The molecule has 2 rings (SSSR count). The van der Waals surface area contributed by atoms with E-state index in [9.17, 15) is 13.2 Å². The third-order valence-electron chi connectivity index (χ3n) is 3.15. The molecule has 0 saturated heterocycles. The van der Waals surface area contributed by atoms with Gasteiger partial charge in [0.2, 0.25) is 0 Å². The third kappa shape index (κ3) is 3.02. The molecule has 0 bridgehead atoms. The highest BCUT2D eigenvalue weighted by molar-refractivity contribution is 5.68. The van der Waals surface area contributed by atoms with Gasteiger partial charge in [0.05, 0.1) is 5.56 Å². The largest absolute Gasteiger partial charge is 0.313 e. The van der Waals surface area contributed by atoms with E-state index < -0.39 is 17.5 Å². The second-order valence-electron chi connectivity index (χ2n) is 4.67. The predicted molar refractivity (Wildman–Crippen MR) is 73.9 cm³/mol. The van der Waals surface area contributed by atoms with Crippen LogP contribution in [0, 0.1) is 24.4 Å². The first-order valence-electron chi connectivity index (χ1n) is 6.48. The summed E-state index contributed by atoms with van der Waals surface area (Å²) in [5.41, 5.74) is 2.06. The molecule has 0 heterocycles. The number of benzene rings is 2. The highest BCUT2D eigenvalue weighted by Gasteiger charge is 2.15. The summed E-state index contributed by atoms with van der Waals surface area (Å²) < 4.78 is 40.5. The first-order valence-corrected chi connectivity index (χ1v) is 6.48. The van der Waals surface area contributed by atoms with Gasteiger partial charge in [-0.25, -0.2) is 13.2 Å². The average Bonchev–Trinajstić information content (AvgIpc) is 2.37. The molecule has 106 valence electrons. The lowest BCUT2D eigenvalue weighted by molar-refractivity contribution is 0.548. The summed E-state index contributed by atoms with van der Waals surface area (Å²) in [4.78, 5) is 0. The molecule has 4 heteroatoms. The molecule has 1 nitrogen and oxygen atoms in total. The van der Waals surface area contributed by atoms with Gasteiger partial charge in [0.25, 0.3) is 0 Å². The zero-order valence-electron chi connectivity index (χ0n) is 11.4. The normalized spacial score (nSPS) is 10.8. The number of rotatable bonds is 4. The molecular weight excluding hydrogens is 263 g/mol. The Labute approximate surface area is 116 Å². The average molecular weight is 279 g/mol. The fourth-order valence-electron chi connectivity index (χ4n) is 2.19. The van der Waals surface area contributed by atoms with Crippen molar-refractivity contribution < 1.29 is 13.2 Å². The van der Waals surface area contributed by atoms with Crippen molar-refractivity contribution in [2.45, 2.75) is 20.4 Å². The van der Waals surface area contributed by atoms with E-state index in [-0.39, 0.29) is 5.56 Å². The number of hydrogen-bond acceptors (Lipinski definition) is 1. The summed E-state index contributed by atoms with van der Waals surface area (Å²) in [7, 11) is 0. The van der Waals surface area contributed by atoms with Crippen molar-refractivity contribution in [1.29, 1.82) is 0 Å². The monoisotopic (exact) mass is 279 g/mol. The van der Waals surface area contributed by atoms with Crippen molar-refractivity contribution in [3.8, 4) is 11.1 Å². The van der Waals surface area contributed by atoms with Gasteiger partial charge >= 0.3 is 0 Å². The Morgan fingerprint density at radius 2 is 1.65 bits per heavy atom. The Kier molecular flexibility index (Phi) is 4.45. The summed E-state index contributed by atoms with van der Waals surface area (Å²) in [6.07, 6.45) is 0. The first kappa shape index (κ1) is 14.6. The van der Waals surface area contributed by atoms with Gasteiger partial charge in [-0.3, -0.25) is 0 Å². The van der Waals surface area contributed by atoms with Crippen LogP contribution in [0.1, 0.15) is 18.1 Å². The number of halogens is 3. The maximum absolute atomic E-state index is 13.8. The molecule has 0 unspecified atom stereocenters. The molecule has 0 fully saturated rings. The highest BCUT2D eigenvalue weighted by Crippen LogP contribution is 2.30. The van der Waals surface area contributed by atoms with E-state index >= 15 is 0 Å². The van der Waals surface area contributed by atoms with Gasteiger partial charge in [0.1, 0.15) is 17.5 Å². The molecule has 0 aliphatic rings. The van der Waals surface area contributed by atoms with E-state index in [0.29, 0.717) is 24.2 Å². The maximum atomic E-state index is 13.8. The van der Waals surface area contributed by atoms with Crippen molar-refractivity contribution in [2.75, 3.05) is 6.54 Å². The van der Waals surface area contributed by atoms with Crippen LogP contribution >= 0.6 is 0 Å². The van der Waals surface area contributed by atoms with E-state index in [2.05, 4.69) is 5.32 Å². The van der Waals surface area contributed by atoms with Crippen LogP contribution in [0.2, 0.25) is 0 Å². The van der Waals surface area contributed by atoms with Gasteiger partial charge in [-0.2, -0.15) is 0 Å². The summed E-state index contributed by atoms with van der Waals surface area (Å²) >= 11 is 0. The molecule has 2 aromatic carbocycles. The predicted octanol–water partition coefficient (Wildman–Crippen LogP) is 4.19. The Morgan fingerprint density at radius 3 is 2.20 bits per heavy atom.